The van der Waals surface area contributed by atoms with Crippen molar-refractivity contribution in [3.8, 4) is 0 Å². The van der Waals surface area contributed by atoms with Crippen LogP contribution in [0.1, 0.15) is 46.3 Å². The van der Waals surface area contributed by atoms with Gasteiger partial charge in [0, 0.05) is 12.7 Å². The average molecular weight is 195 g/mol. The number of carbonyl (C=O) groups is 2. The summed E-state index contributed by atoms with van der Waals surface area (Å²) in [6.07, 6.45) is 0.665. The third-order valence-corrected chi connectivity index (χ3v) is 2.21. The first-order valence-corrected chi connectivity index (χ1v) is 4.37. The van der Waals surface area contributed by atoms with E-state index in [-0.39, 0.29) is 11.5 Å². The van der Waals surface area contributed by atoms with Crippen molar-refractivity contribution >= 4 is 12.3 Å². The van der Waals surface area contributed by atoms with Gasteiger partial charge in [0.1, 0.15) is 0 Å². The highest BCUT2D eigenvalue weighted by atomic mass is 16.4. The number of rotatable bonds is 3. The number of carboxylic acid groups (broad SMARTS) is 1. The van der Waals surface area contributed by atoms with Crippen LogP contribution in [-0.2, 0) is 7.05 Å². The van der Waals surface area contributed by atoms with Crippen molar-refractivity contribution in [2.75, 3.05) is 0 Å². The number of aromatic nitrogens is 1. The van der Waals surface area contributed by atoms with Gasteiger partial charge in [0.25, 0.3) is 0 Å². The molecule has 1 heterocycles. The summed E-state index contributed by atoms with van der Waals surface area (Å²) in [7, 11) is 1.70. The molecule has 0 saturated heterocycles. The highest BCUT2D eigenvalue weighted by Gasteiger charge is 2.19. The van der Waals surface area contributed by atoms with Gasteiger partial charge in [-0.05, 0) is 12.0 Å². The lowest BCUT2D eigenvalue weighted by Crippen LogP contribution is -2.06. The maximum Gasteiger partial charge on any atom is 0.337 e. The van der Waals surface area contributed by atoms with Gasteiger partial charge in [-0.1, -0.05) is 13.8 Å². The standard InChI is InChI=1S/C10H13NO3/c1-6(2)9-8(10(13)14)4-7(5-12)11(9)3/h4-6H,1-3H3,(H,13,14). The molecule has 1 aromatic heterocycles. The van der Waals surface area contributed by atoms with E-state index in [1.54, 1.807) is 11.6 Å². The first-order valence-electron chi connectivity index (χ1n) is 4.37. The maximum atomic E-state index is 10.9. The SMILES string of the molecule is CC(C)c1c(C(=O)O)cc(C=O)n1C. The van der Waals surface area contributed by atoms with Gasteiger partial charge in [0.15, 0.2) is 6.29 Å². The molecular weight excluding hydrogens is 182 g/mol. The van der Waals surface area contributed by atoms with Crippen molar-refractivity contribution in [2.24, 2.45) is 7.05 Å². The molecule has 1 N–H and O–H groups in total. The third kappa shape index (κ3) is 1.55. The summed E-state index contributed by atoms with van der Waals surface area (Å²) in [6.45, 7) is 3.80. The van der Waals surface area contributed by atoms with E-state index in [0.29, 0.717) is 17.7 Å². The van der Waals surface area contributed by atoms with E-state index in [2.05, 4.69) is 0 Å². The number of carbonyl (C=O) groups excluding carboxylic acids is 1. The molecule has 0 fully saturated rings. The molecule has 76 valence electrons. The fraction of sp³-hybridized carbons (Fsp3) is 0.400. The van der Waals surface area contributed by atoms with Gasteiger partial charge < -0.3 is 9.67 Å². The number of hydrogen-bond donors (Lipinski definition) is 1. The van der Waals surface area contributed by atoms with Crippen LogP contribution in [0.3, 0.4) is 0 Å². The minimum atomic E-state index is -0.989. The summed E-state index contributed by atoms with van der Waals surface area (Å²) < 4.78 is 1.63. The molecule has 0 amide bonds. The van der Waals surface area contributed by atoms with Gasteiger partial charge in [-0.25, -0.2) is 4.79 Å². The zero-order valence-electron chi connectivity index (χ0n) is 8.44. The summed E-state index contributed by atoms with van der Waals surface area (Å²) in [5.74, 6) is -0.905. The number of aldehydes is 1. The predicted octanol–water partition coefficient (Wildman–Crippen LogP) is 1.66. The van der Waals surface area contributed by atoms with E-state index >= 15 is 0 Å². The molecule has 1 rings (SSSR count). The summed E-state index contributed by atoms with van der Waals surface area (Å²) in [6, 6.07) is 1.41. The highest BCUT2D eigenvalue weighted by Crippen LogP contribution is 2.22. The minimum absolute atomic E-state index is 0.0831. The zero-order valence-corrected chi connectivity index (χ0v) is 8.44. The average Bonchev–Trinajstić information content (AvgIpc) is 2.42. The van der Waals surface area contributed by atoms with Crippen LogP contribution in [0.5, 0.6) is 0 Å². The van der Waals surface area contributed by atoms with Crippen LogP contribution >= 0.6 is 0 Å². The Morgan fingerprint density at radius 1 is 1.57 bits per heavy atom. The van der Waals surface area contributed by atoms with Crippen LogP contribution in [0.25, 0.3) is 0 Å². The van der Waals surface area contributed by atoms with Crippen LogP contribution in [0.15, 0.2) is 6.07 Å². The molecule has 0 aliphatic carbocycles. The van der Waals surface area contributed by atoms with Crippen molar-refractivity contribution in [1.29, 1.82) is 0 Å². The zero-order chi connectivity index (χ0) is 10.9. The maximum absolute atomic E-state index is 10.9. The molecular formula is C10H13NO3. The molecule has 0 bridgehead atoms. The second kappa shape index (κ2) is 3.65. The molecule has 0 saturated carbocycles. The van der Waals surface area contributed by atoms with E-state index in [0.717, 1.165) is 0 Å². The van der Waals surface area contributed by atoms with Crippen molar-refractivity contribution < 1.29 is 14.7 Å². The molecule has 0 aliphatic heterocycles. The Hall–Kier alpha value is -1.58. The summed E-state index contributed by atoms with van der Waals surface area (Å²) >= 11 is 0. The quantitative estimate of drug-likeness (QED) is 0.746. The van der Waals surface area contributed by atoms with Crippen LogP contribution in [0, 0.1) is 0 Å². The smallest absolute Gasteiger partial charge is 0.337 e. The lowest BCUT2D eigenvalue weighted by molar-refractivity contribution is 0.0695. The van der Waals surface area contributed by atoms with E-state index in [9.17, 15) is 9.59 Å². The molecule has 0 aromatic carbocycles. The van der Waals surface area contributed by atoms with Crippen LogP contribution in [-0.4, -0.2) is 21.9 Å². The first kappa shape index (κ1) is 10.5. The van der Waals surface area contributed by atoms with Crippen molar-refractivity contribution in [3.05, 3.63) is 23.0 Å². The Balaban J connectivity index is 3.42. The fourth-order valence-electron chi connectivity index (χ4n) is 1.62. The lowest BCUT2D eigenvalue weighted by atomic mass is 10.1. The van der Waals surface area contributed by atoms with E-state index < -0.39 is 5.97 Å². The largest absolute Gasteiger partial charge is 0.478 e. The molecule has 0 atom stereocenters. The summed E-state index contributed by atoms with van der Waals surface area (Å²) in [4.78, 5) is 21.5. The number of hydrogen-bond acceptors (Lipinski definition) is 2. The fourth-order valence-corrected chi connectivity index (χ4v) is 1.62. The molecule has 1 aromatic rings. The van der Waals surface area contributed by atoms with Gasteiger partial charge >= 0.3 is 5.97 Å². The molecule has 0 spiro atoms. The number of nitrogens with zero attached hydrogens (tertiary/aromatic N) is 1. The van der Waals surface area contributed by atoms with Crippen LogP contribution in [0.4, 0.5) is 0 Å². The highest BCUT2D eigenvalue weighted by molar-refractivity contribution is 5.92. The number of carboxylic acids is 1. The minimum Gasteiger partial charge on any atom is -0.478 e. The Labute approximate surface area is 82.2 Å². The molecule has 0 aliphatic rings. The second-order valence-electron chi connectivity index (χ2n) is 3.50. The van der Waals surface area contributed by atoms with Crippen molar-refractivity contribution in [2.45, 2.75) is 19.8 Å². The predicted molar refractivity (Wildman–Crippen MR) is 51.8 cm³/mol. The van der Waals surface area contributed by atoms with Crippen LogP contribution in [0.2, 0.25) is 0 Å². The molecule has 0 unspecified atom stereocenters. The molecule has 0 radical (unpaired) electrons. The van der Waals surface area contributed by atoms with Gasteiger partial charge in [0.2, 0.25) is 0 Å². The number of aromatic carboxylic acids is 1. The summed E-state index contributed by atoms with van der Waals surface area (Å²) in [5, 5.41) is 8.92. The van der Waals surface area contributed by atoms with E-state index in [4.69, 9.17) is 5.11 Å². The summed E-state index contributed by atoms with van der Waals surface area (Å²) in [5.41, 5.74) is 1.29. The Morgan fingerprint density at radius 3 is 2.43 bits per heavy atom. The second-order valence-corrected chi connectivity index (χ2v) is 3.50. The van der Waals surface area contributed by atoms with Gasteiger partial charge in [0.05, 0.1) is 11.3 Å². The third-order valence-electron chi connectivity index (χ3n) is 2.21. The normalized spacial score (nSPS) is 10.6. The van der Waals surface area contributed by atoms with E-state index in [1.165, 1.54) is 6.07 Å². The molecule has 14 heavy (non-hydrogen) atoms. The van der Waals surface area contributed by atoms with E-state index in [1.807, 2.05) is 13.8 Å². The van der Waals surface area contributed by atoms with Gasteiger partial charge in [-0.2, -0.15) is 0 Å². The lowest BCUT2D eigenvalue weighted by Gasteiger charge is -2.09. The Bertz CT molecular complexity index is 377. The van der Waals surface area contributed by atoms with Crippen LogP contribution < -0.4 is 0 Å². The Morgan fingerprint density at radius 2 is 2.14 bits per heavy atom. The monoisotopic (exact) mass is 195 g/mol. The molecule has 4 nitrogen and oxygen atoms in total. The van der Waals surface area contributed by atoms with Crippen molar-refractivity contribution in [3.63, 3.8) is 0 Å². The topological polar surface area (TPSA) is 59.3 Å². The Kier molecular flexibility index (Phi) is 2.74. The molecule has 4 heteroatoms. The van der Waals surface area contributed by atoms with Gasteiger partial charge in [-0.3, -0.25) is 4.79 Å². The van der Waals surface area contributed by atoms with Crippen molar-refractivity contribution in [1.82, 2.24) is 4.57 Å². The van der Waals surface area contributed by atoms with Gasteiger partial charge in [-0.15, -0.1) is 0 Å². The first-order chi connectivity index (χ1) is 6.49.